The summed E-state index contributed by atoms with van der Waals surface area (Å²) in [6, 6.07) is 91.3. The van der Waals surface area contributed by atoms with Crippen molar-refractivity contribution in [2.45, 2.75) is 52.4 Å². The fourth-order valence-corrected chi connectivity index (χ4v) is 13.7. The lowest BCUT2D eigenvalue weighted by Crippen LogP contribution is -2.61. The van der Waals surface area contributed by atoms with E-state index in [0.29, 0.717) is 0 Å². The summed E-state index contributed by atoms with van der Waals surface area (Å²) in [7, 11) is 0. The predicted molar refractivity (Wildman–Crippen MR) is 340 cm³/mol. The van der Waals surface area contributed by atoms with Gasteiger partial charge in [-0.25, -0.2) is 0 Å². The molecule has 0 N–H and O–H groups in total. The number of benzene rings is 11. The molecule has 0 aliphatic carbocycles. The second kappa shape index (κ2) is 17.0. The van der Waals surface area contributed by atoms with Crippen LogP contribution in [0.2, 0.25) is 0 Å². The Labute approximate surface area is 467 Å². The van der Waals surface area contributed by atoms with Crippen LogP contribution in [0.4, 0.5) is 51.2 Å². The minimum atomic E-state index is -0.101. The molecule has 0 bridgehead atoms. The van der Waals surface area contributed by atoms with Crippen molar-refractivity contribution in [1.29, 1.82) is 0 Å². The molecular formula is C74H58BN5. The quantitative estimate of drug-likeness (QED) is 0.155. The van der Waals surface area contributed by atoms with E-state index >= 15 is 0 Å². The van der Waals surface area contributed by atoms with Crippen LogP contribution in [0, 0.1) is 0 Å². The second-order valence-electron chi connectivity index (χ2n) is 24.2. The normalized spacial score (nSPS) is 13.3. The lowest BCUT2D eigenvalue weighted by Gasteiger charge is -2.46. The van der Waals surface area contributed by atoms with Gasteiger partial charge in [-0.1, -0.05) is 181 Å². The van der Waals surface area contributed by atoms with Gasteiger partial charge in [0.1, 0.15) is 0 Å². The highest BCUT2D eigenvalue weighted by Gasteiger charge is 2.47. The van der Waals surface area contributed by atoms with E-state index in [1.165, 1.54) is 105 Å². The molecule has 0 atom stereocenters. The molecule has 5 nitrogen and oxygen atoms in total. The van der Waals surface area contributed by atoms with E-state index in [2.05, 4.69) is 308 Å². The van der Waals surface area contributed by atoms with Gasteiger partial charge in [-0.15, -0.1) is 0 Å². The fraction of sp³-hybridized carbons (Fsp3) is 0.108. The van der Waals surface area contributed by atoms with Gasteiger partial charge in [0.15, 0.2) is 0 Å². The van der Waals surface area contributed by atoms with Crippen molar-refractivity contribution in [2.75, 3.05) is 14.7 Å². The maximum atomic E-state index is 2.62. The minimum absolute atomic E-state index is 0.0108. The number of rotatable bonds is 6. The Morgan fingerprint density at radius 1 is 0.338 bits per heavy atom. The fourth-order valence-electron chi connectivity index (χ4n) is 13.7. The summed E-state index contributed by atoms with van der Waals surface area (Å²) < 4.78 is 5.06. The zero-order chi connectivity index (χ0) is 53.8. The Morgan fingerprint density at radius 2 is 0.875 bits per heavy atom. The maximum Gasteiger partial charge on any atom is 0.252 e. The monoisotopic (exact) mass is 1030 g/mol. The zero-order valence-corrected chi connectivity index (χ0v) is 45.9. The molecule has 3 aliphatic rings. The van der Waals surface area contributed by atoms with Crippen LogP contribution in [-0.2, 0) is 10.8 Å². The standard InChI is InChI=1S/C74H58BN5/c1-73(2,3)49-34-40-63-58(42-49)59-43-50(74(4,5)6)35-41-64(59)78(63)54-38-39-60-67(44-54)77(53-36-32-48(33-37-53)47-20-10-7-11-21-47)68-45-55(76(51-22-12-8-13-23-51)52-24-14-9-15-25-52)46-69-70(68)75(60)61-28-19-31-66-72(61)80(69)65-30-18-27-57-56-26-16-17-29-62(56)79(66)71(57)65/h7-46H,1-6H3. The number of para-hydroxylation sites is 5. The van der Waals surface area contributed by atoms with Gasteiger partial charge in [0.05, 0.1) is 44.8 Å². The summed E-state index contributed by atoms with van der Waals surface area (Å²) in [6.45, 7) is 13.8. The molecule has 0 saturated heterocycles. The third kappa shape index (κ3) is 6.78. The third-order valence-electron chi connectivity index (χ3n) is 17.5. The van der Waals surface area contributed by atoms with Gasteiger partial charge in [0.25, 0.3) is 6.71 Å². The highest BCUT2D eigenvalue weighted by Crippen LogP contribution is 2.54. The molecular weight excluding hydrogens is 970 g/mol. The molecule has 382 valence electrons. The van der Waals surface area contributed by atoms with Crippen molar-refractivity contribution in [3.8, 4) is 22.5 Å². The minimum Gasteiger partial charge on any atom is -0.311 e. The van der Waals surface area contributed by atoms with Crippen molar-refractivity contribution in [3.05, 3.63) is 254 Å². The average molecular weight is 1030 g/mol. The number of hydrogen-bond acceptors (Lipinski definition) is 3. The summed E-state index contributed by atoms with van der Waals surface area (Å²) in [5.74, 6) is 0. The number of nitrogens with zero attached hydrogens (tertiary/aromatic N) is 5. The van der Waals surface area contributed by atoms with Crippen molar-refractivity contribution >= 4 is 118 Å². The van der Waals surface area contributed by atoms with Gasteiger partial charge < -0.3 is 23.8 Å². The average Bonchev–Trinajstić information content (AvgIpc) is 2.95. The van der Waals surface area contributed by atoms with Gasteiger partial charge in [-0.3, -0.25) is 0 Å². The van der Waals surface area contributed by atoms with Crippen LogP contribution in [0.3, 0.4) is 0 Å². The van der Waals surface area contributed by atoms with Crippen molar-refractivity contribution in [1.82, 2.24) is 9.13 Å². The highest BCUT2D eigenvalue weighted by molar-refractivity contribution is 7.00. The van der Waals surface area contributed by atoms with Gasteiger partial charge in [-0.2, -0.15) is 0 Å². The molecule has 16 rings (SSSR count). The highest BCUT2D eigenvalue weighted by atomic mass is 15.2. The van der Waals surface area contributed by atoms with E-state index in [-0.39, 0.29) is 17.5 Å². The molecule has 2 aromatic heterocycles. The maximum absolute atomic E-state index is 2.62. The molecule has 13 aromatic rings. The van der Waals surface area contributed by atoms with Gasteiger partial charge in [0.2, 0.25) is 0 Å². The molecule has 0 radical (unpaired) electrons. The summed E-state index contributed by atoms with van der Waals surface area (Å²) in [4.78, 5) is 7.64. The van der Waals surface area contributed by atoms with Crippen LogP contribution in [0.15, 0.2) is 243 Å². The van der Waals surface area contributed by atoms with Crippen molar-refractivity contribution in [2.24, 2.45) is 0 Å². The van der Waals surface area contributed by atoms with Crippen LogP contribution in [0.25, 0.3) is 66.1 Å². The summed E-state index contributed by atoms with van der Waals surface area (Å²) in [5, 5.41) is 5.07. The number of aromatic nitrogens is 2. The lowest BCUT2D eigenvalue weighted by molar-refractivity contribution is 0.590. The molecule has 0 spiro atoms. The molecule has 5 heterocycles. The molecule has 80 heavy (non-hydrogen) atoms. The van der Waals surface area contributed by atoms with E-state index in [1.54, 1.807) is 0 Å². The number of anilines is 9. The number of fused-ring (bicyclic) bond motifs is 12. The SMILES string of the molecule is CC(C)(C)c1ccc2c(c1)c1cc(C(C)(C)C)ccc1n2-c1ccc2c(c1)N(c1ccc(-c3ccccc3)cc1)c1cc(N(c3ccccc3)c3ccccc3)cc3c1B2c1cccc2c1N3c1cccc3c4ccccc4n-2c13. The first-order chi connectivity index (χ1) is 39.0. The first-order valence-corrected chi connectivity index (χ1v) is 28.2. The predicted octanol–water partition coefficient (Wildman–Crippen LogP) is 18.0. The molecule has 0 fully saturated rings. The van der Waals surface area contributed by atoms with Crippen LogP contribution in [-0.4, -0.2) is 15.8 Å². The Hall–Kier alpha value is -9.52. The Morgan fingerprint density at radius 3 is 1.52 bits per heavy atom. The van der Waals surface area contributed by atoms with Gasteiger partial charge >= 0.3 is 0 Å². The molecule has 6 heteroatoms. The van der Waals surface area contributed by atoms with Gasteiger partial charge in [0, 0.05) is 61.4 Å². The van der Waals surface area contributed by atoms with Crippen molar-refractivity contribution < 1.29 is 0 Å². The summed E-state index contributed by atoms with van der Waals surface area (Å²) in [6.07, 6.45) is 0. The van der Waals surface area contributed by atoms with E-state index in [1.807, 2.05) is 0 Å². The van der Waals surface area contributed by atoms with Crippen LogP contribution >= 0.6 is 0 Å². The van der Waals surface area contributed by atoms with Gasteiger partial charge in [-0.05, 0) is 153 Å². The van der Waals surface area contributed by atoms with Crippen LogP contribution < -0.4 is 31.1 Å². The summed E-state index contributed by atoms with van der Waals surface area (Å²) in [5.41, 5.74) is 26.3. The Bertz CT molecular complexity index is 4560. The number of hydrogen-bond donors (Lipinski definition) is 0. The molecule has 3 aliphatic heterocycles. The molecule has 0 amide bonds. The zero-order valence-electron chi connectivity index (χ0n) is 45.9. The first kappa shape index (κ1) is 46.6. The molecule has 0 unspecified atom stereocenters. The lowest BCUT2D eigenvalue weighted by atomic mass is 9.33. The first-order valence-electron chi connectivity index (χ1n) is 28.2. The smallest absolute Gasteiger partial charge is 0.252 e. The van der Waals surface area contributed by atoms with Crippen LogP contribution in [0.1, 0.15) is 52.7 Å². The van der Waals surface area contributed by atoms with E-state index in [0.717, 1.165) is 39.8 Å². The van der Waals surface area contributed by atoms with Crippen LogP contribution in [0.5, 0.6) is 0 Å². The molecule has 0 saturated carbocycles. The van der Waals surface area contributed by atoms with E-state index in [9.17, 15) is 0 Å². The van der Waals surface area contributed by atoms with Crippen molar-refractivity contribution in [3.63, 3.8) is 0 Å². The van der Waals surface area contributed by atoms with E-state index in [4.69, 9.17) is 0 Å². The Kier molecular flexibility index (Phi) is 9.89. The topological polar surface area (TPSA) is 19.6 Å². The molecule has 11 aromatic carbocycles. The van der Waals surface area contributed by atoms with E-state index < -0.39 is 0 Å². The summed E-state index contributed by atoms with van der Waals surface area (Å²) >= 11 is 0. The second-order valence-corrected chi connectivity index (χ2v) is 24.2. The largest absolute Gasteiger partial charge is 0.311 e. The Balaban J connectivity index is 1.03. The third-order valence-corrected chi connectivity index (χ3v) is 17.5.